The average molecular weight is 295 g/mol. The van der Waals surface area contributed by atoms with Crippen LogP contribution in [0.3, 0.4) is 0 Å². The van der Waals surface area contributed by atoms with Crippen LogP contribution in [-0.2, 0) is 6.18 Å². The number of aliphatic hydroxyl groups is 1. The zero-order chi connectivity index (χ0) is 14.1. The Morgan fingerprint density at radius 1 is 1.37 bits per heavy atom. The minimum absolute atomic E-state index is 0.00283. The van der Waals surface area contributed by atoms with Gasteiger partial charge in [0.2, 0.25) is 0 Å². The Kier molecular flexibility index (Phi) is 3.92. The van der Waals surface area contributed by atoms with Crippen LogP contribution in [0.15, 0.2) is 12.1 Å². The van der Waals surface area contributed by atoms with Gasteiger partial charge in [-0.1, -0.05) is 11.6 Å². The highest BCUT2D eigenvalue weighted by molar-refractivity contribution is 6.29. The molecule has 2 N–H and O–H groups in total. The number of rotatable bonds is 5. The SMILES string of the molecule is OCCC1(CNc2cc(C(F)(F)F)cc(Cl)n2)CC1. The topological polar surface area (TPSA) is 45.1 Å². The molecule has 106 valence electrons. The van der Waals surface area contributed by atoms with Gasteiger partial charge in [0.25, 0.3) is 0 Å². The number of hydrogen-bond donors (Lipinski definition) is 2. The van der Waals surface area contributed by atoms with Crippen molar-refractivity contribution in [3.05, 3.63) is 22.8 Å². The van der Waals surface area contributed by atoms with E-state index in [0.29, 0.717) is 13.0 Å². The van der Waals surface area contributed by atoms with Crippen molar-refractivity contribution in [2.75, 3.05) is 18.5 Å². The van der Waals surface area contributed by atoms with Gasteiger partial charge in [0.05, 0.1) is 5.56 Å². The molecule has 1 fully saturated rings. The molecule has 0 atom stereocenters. The van der Waals surface area contributed by atoms with Gasteiger partial charge in [-0.05, 0) is 36.8 Å². The van der Waals surface area contributed by atoms with E-state index in [2.05, 4.69) is 10.3 Å². The molecule has 0 aromatic carbocycles. The summed E-state index contributed by atoms with van der Waals surface area (Å²) in [4.78, 5) is 3.83. The van der Waals surface area contributed by atoms with Crippen molar-refractivity contribution in [2.45, 2.75) is 25.4 Å². The van der Waals surface area contributed by atoms with Gasteiger partial charge in [-0.2, -0.15) is 13.2 Å². The number of nitrogens with zero attached hydrogens (tertiary/aromatic N) is 1. The Morgan fingerprint density at radius 2 is 2.05 bits per heavy atom. The molecule has 0 aliphatic heterocycles. The standard InChI is InChI=1S/C12H14ClF3N2O/c13-9-5-8(12(14,15)16)6-10(18-9)17-7-11(1-2-11)3-4-19/h5-6,19H,1-4,7H2,(H,17,18). The van der Waals surface area contributed by atoms with Crippen LogP contribution in [0.5, 0.6) is 0 Å². The fraction of sp³-hybridized carbons (Fsp3) is 0.583. The van der Waals surface area contributed by atoms with Crippen LogP contribution >= 0.6 is 11.6 Å². The molecule has 7 heteroatoms. The third-order valence-corrected chi connectivity index (χ3v) is 3.56. The number of halogens is 4. The van der Waals surface area contributed by atoms with Crippen LogP contribution in [-0.4, -0.2) is 23.2 Å². The van der Waals surface area contributed by atoms with Crippen molar-refractivity contribution in [1.82, 2.24) is 4.98 Å². The summed E-state index contributed by atoms with van der Waals surface area (Å²) >= 11 is 5.59. The predicted octanol–water partition coefficient (Wildman–Crippen LogP) is 3.33. The fourth-order valence-electron chi connectivity index (χ4n) is 1.96. The largest absolute Gasteiger partial charge is 0.416 e. The molecule has 0 amide bonds. The van der Waals surface area contributed by atoms with Crippen molar-refractivity contribution in [3.8, 4) is 0 Å². The first-order chi connectivity index (χ1) is 8.85. The Balaban J connectivity index is 2.06. The average Bonchev–Trinajstić information content (AvgIpc) is 3.06. The second kappa shape index (κ2) is 5.17. The van der Waals surface area contributed by atoms with E-state index in [-0.39, 0.29) is 23.0 Å². The van der Waals surface area contributed by atoms with Gasteiger partial charge in [-0.3, -0.25) is 0 Å². The summed E-state index contributed by atoms with van der Waals surface area (Å²) in [6.07, 6.45) is -1.86. The number of aliphatic hydroxyl groups excluding tert-OH is 1. The van der Waals surface area contributed by atoms with Gasteiger partial charge < -0.3 is 10.4 Å². The minimum Gasteiger partial charge on any atom is -0.396 e. The monoisotopic (exact) mass is 294 g/mol. The second-order valence-electron chi connectivity index (χ2n) is 4.89. The molecule has 1 heterocycles. The first-order valence-corrected chi connectivity index (χ1v) is 6.32. The maximum Gasteiger partial charge on any atom is 0.416 e. The lowest BCUT2D eigenvalue weighted by Gasteiger charge is -2.16. The quantitative estimate of drug-likeness (QED) is 0.819. The Morgan fingerprint density at radius 3 is 2.58 bits per heavy atom. The van der Waals surface area contributed by atoms with Crippen LogP contribution in [0.1, 0.15) is 24.8 Å². The van der Waals surface area contributed by atoms with Crippen LogP contribution < -0.4 is 5.32 Å². The van der Waals surface area contributed by atoms with Gasteiger partial charge in [-0.25, -0.2) is 4.98 Å². The maximum atomic E-state index is 12.6. The summed E-state index contributed by atoms with van der Waals surface area (Å²) in [6, 6.07) is 1.74. The molecule has 3 nitrogen and oxygen atoms in total. The van der Waals surface area contributed by atoms with E-state index in [1.807, 2.05) is 0 Å². The van der Waals surface area contributed by atoms with Crippen LogP contribution in [0, 0.1) is 5.41 Å². The lowest BCUT2D eigenvalue weighted by molar-refractivity contribution is -0.137. The summed E-state index contributed by atoms with van der Waals surface area (Å²) in [5.74, 6) is 0.115. The summed E-state index contributed by atoms with van der Waals surface area (Å²) < 4.78 is 37.8. The fourth-order valence-corrected chi connectivity index (χ4v) is 2.17. The molecular formula is C12H14ClF3N2O. The molecule has 0 spiro atoms. The first-order valence-electron chi connectivity index (χ1n) is 5.94. The molecule has 1 saturated carbocycles. The van der Waals surface area contributed by atoms with Gasteiger partial charge in [0.1, 0.15) is 11.0 Å². The van der Waals surface area contributed by atoms with Crippen molar-refractivity contribution < 1.29 is 18.3 Å². The van der Waals surface area contributed by atoms with E-state index in [4.69, 9.17) is 16.7 Å². The smallest absolute Gasteiger partial charge is 0.396 e. The number of nitrogens with one attached hydrogen (secondary N) is 1. The number of alkyl halides is 3. The maximum absolute atomic E-state index is 12.6. The van der Waals surface area contributed by atoms with Gasteiger partial charge in [0, 0.05) is 13.2 Å². The summed E-state index contributed by atoms with van der Waals surface area (Å²) in [5.41, 5.74) is -0.820. The molecule has 2 rings (SSSR count). The molecule has 1 aromatic rings. The van der Waals surface area contributed by atoms with Crippen molar-refractivity contribution >= 4 is 17.4 Å². The molecular weight excluding hydrogens is 281 g/mol. The van der Waals surface area contributed by atoms with Crippen LogP contribution in [0.2, 0.25) is 5.15 Å². The first kappa shape index (κ1) is 14.4. The van der Waals surface area contributed by atoms with E-state index in [1.54, 1.807) is 0 Å². The number of anilines is 1. The molecule has 1 aliphatic carbocycles. The summed E-state index contributed by atoms with van der Waals surface area (Å²) in [7, 11) is 0. The van der Waals surface area contributed by atoms with E-state index in [9.17, 15) is 13.2 Å². The van der Waals surface area contributed by atoms with E-state index in [0.717, 1.165) is 25.0 Å². The Labute approximate surface area is 113 Å². The lowest BCUT2D eigenvalue weighted by atomic mass is 10.0. The second-order valence-corrected chi connectivity index (χ2v) is 5.28. The van der Waals surface area contributed by atoms with E-state index < -0.39 is 11.7 Å². The van der Waals surface area contributed by atoms with Crippen molar-refractivity contribution in [2.24, 2.45) is 5.41 Å². The van der Waals surface area contributed by atoms with Gasteiger partial charge >= 0.3 is 6.18 Å². The van der Waals surface area contributed by atoms with Gasteiger partial charge in [-0.15, -0.1) is 0 Å². The number of hydrogen-bond acceptors (Lipinski definition) is 3. The lowest BCUT2D eigenvalue weighted by Crippen LogP contribution is -2.18. The molecule has 1 aliphatic rings. The zero-order valence-electron chi connectivity index (χ0n) is 10.1. The Bertz CT molecular complexity index is 461. The number of aromatic nitrogens is 1. The zero-order valence-corrected chi connectivity index (χ0v) is 10.9. The van der Waals surface area contributed by atoms with Crippen molar-refractivity contribution in [1.29, 1.82) is 0 Å². The van der Waals surface area contributed by atoms with E-state index in [1.165, 1.54) is 0 Å². The molecule has 0 bridgehead atoms. The number of pyridine rings is 1. The molecule has 0 radical (unpaired) electrons. The molecule has 0 unspecified atom stereocenters. The minimum atomic E-state index is -4.44. The molecule has 0 saturated heterocycles. The highest BCUT2D eigenvalue weighted by Crippen LogP contribution is 2.48. The third kappa shape index (κ3) is 3.73. The summed E-state index contributed by atoms with van der Waals surface area (Å²) in [5, 5.41) is 11.6. The van der Waals surface area contributed by atoms with Crippen LogP contribution in [0.4, 0.5) is 19.0 Å². The molecule has 1 aromatic heterocycles. The highest BCUT2D eigenvalue weighted by Gasteiger charge is 2.41. The highest BCUT2D eigenvalue weighted by atomic mass is 35.5. The predicted molar refractivity (Wildman–Crippen MR) is 66.1 cm³/mol. The normalized spacial score (nSPS) is 17.3. The Hall–Kier alpha value is -1.01. The van der Waals surface area contributed by atoms with Crippen molar-refractivity contribution in [3.63, 3.8) is 0 Å². The molecule has 19 heavy (non-hydrogen) atoms. The van der Waals surface area contributed by atoms with Gasteiger partial charge in [0.15, 0.2) is 0 Å². The van der Waals surface area contributed by atoms with E-state index >= 15 is 0 Å². The third-order valence-electron chi connectivity index (χ3n) is 3.37. The summed E-state index contributed by atoms with van der Waals surface area (Å²) in [6.45, 7) is 0.580. The van der Waals surface area contributed by atoms with Crippen LogP contribution in [0.25, 0.3) is 0 Å².